The van der Waals surface area contributed by atoms with E-state index >= 15 is 0 Å². The van der Waals surface area contributed by atoms with E-state index in [1.54, 1.807) is 0 Å². The van der Waals surface area contributed by atoms with E-state index in [0.29, 0.717) is 17.9 Å². The van der Waals surface area contributed by atoms with Crippen molar-refractivity contribution in [3.63, 3.8) is 0 Å². The highest BCUT2D eigenvalue weighted by Gasteiger charge is 2.52. The Bertz CT molecular complexity index is 395. The van der Waals surface area contributed by atoms with Gasteiger partial charge in [0.1, 0.15) is 0 Å². The first kappa shape index (κ1) is 12.2. The standard InChI is InChI=1S/C16H23NO/c1-17-13-7-9-16(18,10-8-13)15-11-14(15)12-5-3-2-4-6-12/h2-6,13-15,17-18H,7-11H2,1H3. The molecule has 2 unspecified atom stereocenters. The van der Waals surface area contributed by atoms with Gasteiger partial charge >= 0.3 is 0 Å². The van der Waals surface area contributed by atoms with Crippen LogP contribution in [0.5, 0.6) is 0 Å². The van der Waals surface area contributed by atoms with Gasteiger partial charge in [-0.25, -0.2) is 0 Å². The molecule has 1 aromatic carbocycles. The average Bonchev–Trinajstić information content (AvgIpc) is 3.22. The second kappa shape index (κ2) is 4.67. The van der Waals surface area contributed by atoms with Gasteiger partial charge in [-0.2, -0.15) is 0 Å². The van der Waals surface area contributed by atoms with Gasteiger partial charge in [0.05, 0.1) is 5.60 Å². The minimum atomic E-state index is -0.395. The first-order valence-electron chi connectivity index (χ1n) is 7.17. The average molecular weight is 245 g/mol. The molecule has 2 aliphatic rings. The van der Waals surface area contributed by atoms with Crippen molar-refractivity contribution in [3.8, 4) is 0 Å². The van der Waals surface area contributed by atoms with E-state index in [4.69, 9.17) is 0 Å². The summed E-state index contributed by atoms with van der Waals surface area (Å²) in [7, 11) is 2.03. The summed E-state index contributed by atoms with van der Waals surface area (Å²) >= 11 is 0. The highest BCUT2D eigenvalue weighted by atomic mass is 16.3. The third-order valence-corrected chi connectivity index (χ3v) is 4.97. The lowest BCUT2D eigenvalue weighted by Gasteiger charge is -2.36. The van der Waals surface area contributed by atoms with E-state index < -0.39 is 5.60 Å². The Hall–Kier alpha value is -0.860. The summed E-state index contributed by atoms with van der Waals surface area (Å²) in [5.74, 6) is 1.10. The fourth-order valence-electron chi connectivity index (χ4n) is 3.63. The molecule has 2 N–H and O–H groups in total. The summed E-state index contributed by atoms with van der Waals surface area (Å²) in [6.45, 7) is 0. The van der Waals surface area contributed by atoms with Crippen molar-refractivity contribution in [2.75, 3.05) is 7.05 Å². The molecule has 2 atom stereocenters. The molecule has 0 spiro atoms. The highest BCUT2D eigenvalue weighted by Crippen LogP contribution is 2.57. The molecule has 1 aromatic rings. The molecule has 0 aliphatic heterocycles. The lowest BCUT2D eigenvalue weighted by Crippen LogP contribution is -2.41. The second-order valence-corrected chi connectivity index (χ2v) is 6.03. The van der Waals surface area contributed by atoms with Crippen molar-refractivity contribution in [1.29, 1.82) is 0 Å². The SMILES string of the molecule is CNC1CCC(O)(C2CC2c2ccccc2)CC1. The molecule has 98 valence electrons. The molecule has 2 heteroatoms. The van der Waals surface area contributed by atoms with E-state index in [-0.39, 0.29) is 0 Å². The van der Waals surface area contributed by atoms with E-state index in [2.05, 4.69) is 35.6 Å². The molecule has 18 heavy (non-hydrogen) atoms. The lowest BCUT2D eigenvalue weighted by atomic mass is 9.78. The zero-order valence-electron chi connectivity index (χ0n) is 11.1. The number of aliphatic hydroxyl groups is 1. The number of rotatable bonds is 3. The quantitative estimate of drug-likeness (QED) is 0.858. The molecule has 0 amide bonds. The maximum Gasteiger partial charge on any atom is 0.0683 e. The summed E-state index contributed by atoms with van der Waals surface area (Å²) < 4.78 is 0. The minimum absolute atomic E-state index is 0.395. The van der Waals surface area contributed by atoms with Crippen LogP contribution < -0.4 is 5.32 Å². The summed E-state index contributed by atoms with van der Waals surface area (Å²) in [5, 5.41) is 14.2. The van der Waals surface area contributed by atoms with Gasteiger partial charge in [-0.15, -0.1) is 0 Å². The monoisotopic (exact) mass is 245 g/mol. The molecule has 0 aromatic heterocycles. The predicted octanol–water partition coefficient (Wildman–Crippen LogP) is 2.68. The fourth-order valence-corrected chi connectivity index (χ4v) is 3.63. The molecule has 2 nitrogen and oxygen atoms in total. The Kier molecular flexibility index (Phi) is 3.16. The van der Waals surface area contributed by atoms with Crippen molar-refractivity contribution in [2.45, 2.75) is 49.7 Å². The molecular formula is C16H23NO. The van der Waals surface area contributed by atoms with Crippen LogP contribution in [0.4, 0.5) is 0 Å². The van der Waals surface area contributed by atoms with E-state index in [0.717, 1.165) is 25.7 Å². The largest absolute Gasteiger partial charge is 0.390 e. The molecule has 2 saturated carbocycles. The van der Waals surface area contributed by atoms with Crippen LogP contribution in [0.2, 0.25) is 0 Å². The van der Waals surface area contributed by atoms with Crippen LogP contribution in [0, 0.1) is 5.92 Å². The maximum atomic E-state index is 10.8. The van der Waals surface area contributed by atoms with Gasteiger partial charge in [-0.05, 0) is 56.6 Å². The van der Waals surface area contributed by atoms with Crippen molar-refractivity contribution in [2.24, 2.45) is 5.92 Å². The normalized spacial score (nSPS) is 39.6. The molecule has 0 saturated heterocycles. The molecule has 0 radical (unpaired) electrons. The number of hydrogen-bond acceptors (Lipinski definition) is 2. The summed E-state index contributed by atoms with van der Waals surface area (Å²) in [5.41, 5.74) is 1.01. The highest BCUT2D eigenvalue weighted by molar-refractivity contribution is 5.28. The van der Waals surface area contributed by atoms with Crippen LogP contribution in [0.25, 0.3) is 0 Å². The summed E-state index contributed by atoms with van der Waals surface area (Å²) in [6.07, 6.45) is 5.33. The Morgan fingerprint density at radius 3 is 2.44 bits per heavy atom. The minimum Gasteiger partial charge on any atom is -0.390 e. The van der Waals surface area contributed by atoms with Gasteiger partial charge in [0.25, 0.3) is 0 Å². The molecule has 2 aliphatic carbocycles. The molecular weight excluding hydrogens is 222 g/mol. The number of hydrogen-bond donors (Lipinski definition) is 2. The van der Waals surface area contributed by atoms with Crippen molar-refractivity contribution >= 4 is 0 Å². The molecule has 0 heterocycles. The molecule has 2 fully saturated rings. The van der Waals surface area contributed by atoms with Crippen molar-refractivity contribution in [1.82, 2.24) is 5.32 Å². The Balaban J connectivity index is 1.64. The van der Waals surface area contributed by atoms with Crippen LogP contribution in [0.15, 0.2) is 30.3 Å². The van der Waals surface area contributed by atoms with Gasteiger partial charge in [0.15, 0.2) is 0 Å². The third kappa shape index (κ3) is 2.19. The summed E-state index contributed by atoms with van der Waals surface area (Å²) in [4.78, 5) is 0. The van der Waals surface area contributed by atoms with Crippen LogP contribution in [-0.2, 0) is 0 Å². The zero-order chi connectivity index (χ0) is 12.6. The first-order valence-corrected chi connectivity index (χ1v) is 7.17. The van der Waals surface area contributed by atoms with Crippen LogP contribution >= 0.6 is 0 Å². The molecule has 0 bridgehead atoms. The maximum absolute atomic E-state index is 10.8. The Morgan fingerprint density at radius 2 is 1.83 bits per heavy atom. The number of nitrogens with one attached hydrogen (secondary N) is 1. The second-order valence-electron chi connectivity index (χ2n) is 6.03. The van der Waals surface area contributed by atoms with Crippen LogP contribution in [-0.4, -0.2) is 23.8 Å². The zero-order valence-corrected chi connectivity index (χ0v) is 11.1. The molecule has 3 rings (SSSR count). The summed E-state index contributed by atoms with van der Waals surface area (Å²) in [6, 6.07) is 11.3. The fraction of sp³-hybridized carbons (Fsp3) is 0.625. The van der Waals surface area contributed by atoms with E-state index in [1.165, 1.54) is 12.0 Å². The van der Waals surface area contributed by atoms with Crippen LogP contribution in [0.3, 0.4) is 0 Å². The van der Waals surface area contributed by atoms with E-state index in [1.807, 2.05) is 7.05 Å². The smallest absolute Gasteiger partial charge is 0.0683 e. The topological polar surface area (TPSA) is 32.3 Å². The predicted molar refractivity (Wildman–Crippen MR) is 73.6 cm³/mol. The van der Waals surface area contributed by atoms with Gasteiger partial charge in [0, 0.05) is 6.04 Å². The third-order valence-electron chi connectivity index (χ3n) is 4.97. The van der Waals surface area contributed by atoms with Gasteiger partial charge in [-0.1, -0.05) is 30.3 Å². The van der Waals surface area contributed by atoms with Crippen molar-refractivity contribution < 1.29 is 5.11 Å². The van der Waals surface area contributed by atoms with E-state index in [9.17, 15) is 5.11 Å². The van der Waals surface area contributed by atoms with Gasteiger partial charge in [0.2, 0.25) is 0 Å². The Labute approximate surface area is 109 Å². The lowest BCUT2D eigenvalue weighted by molar-refractivity contribution is -0.0246. The van der Waals surface area contributed by atoms with Crippen LogP contribution in [0.1, 0.15) is 43.6 Å². The first-order chi connectivity index (χ1) is 8.73. The number of benzene rings is 1. The van der Waals surface area contributed by atoms with Crippen molar-refractivity contribution in [3.05, 3.63) is 35.9 Å². The Morgan fingerprint density at radius 1 is 1.17 bits per heavy atom. The van der Waals surface area contributed by atoms with Gasteiger partial charge < -0.3 is 10.4 Å². The van der Waals surface area contributed by atoms with Gasteiger partial charge in [-0.3, -0.25) is 0 Å².